The van der Waals surface area contributed by atoms with Crippen molar-refractivity contribution in [2.24, 2.45) is 11.8 Å². The Hall–Kier alpha value is -0.570. The minimum Gasteiger partial charge on any atom is -0.380 e. The first kappa shape index (κ1) is 14.8. The summed E-state index contributed by atoms with van der Waals surface area (Å²) in [4.78, 5) is 0. The van der Waals surface area contributed by atoms with E-state index in [0.717, 1.165) is 22.7 Å². The van der Waals surface area contributed by atoms with E-state index < -0.39 is 0 Å². The highest BCUT2D eigenvalue weighted by Gasteiger charge is 2.23. The van der Waals surface area contributed by atoms with Crippen molar-refractivity contribution in [2.45, 2.75) is 52.0 Å². The Morgan fingerprint density at radius 1 is 1.37 bits per heavy atom. The number of benzene rings is 1. The maximum absolute atomic E-state index is 13.7. The lowest BCUT2D eigenvalue weighted by Crippen LogP contribution is -2.28. The van der Waals surface area contributed by atoms with Crippen molar-refractivity contribution < 1.29 is 4.39 Å². The van der Waals surface area contributed by atoms with Crippen molar-refractivity contribution in [3.05, 3.63) is 28.5 Å². The van der Waals surface area contributed by atoms with Crippen LogP contribution in [0.25, 0.3) is 0 Å². The van der Waals surface area contributed by atoms with Gasteiger partial charge in [-0.3, -0.25) is 0 Å². The third-order valence-corrected chi connectivity index (χ3v) is 4.37. The predicted octanol–water partition coefficient (Wildman–Crippen LogP) is 5.61. The summed E-state index contributed by atoms with van der Waals surface area (Å²) in [6.07, 6.45) is 6.20. The van der Waals surface area contributed by atoms with Crippen LogP contribution < -0.4 is 5.32 Å². The van der Waals surface area contributed by atoms with Crippen LogP contribution in [0.4, 0.5) is 10.1 Å². The zero-order chi connectivity index (χ0) is 13.8. The van der Waals surface area contributed by atoms with Gasteiger partial charge in [0.1, 0.15) is 5.82 Å². The summed E-state index contributed by atoms with van der Waals surface area (Å²) in [6, 6.07) is 5.51. The summed E-state index contributed by atoms with van der Waals surface area (Å²) >= 11 is 3.40. The van der Waals surface area contributed by atoms with E-state index >= 15 is 0 Å². The quantitative estimate of drug-likeness (QED) is 0.758. The largest absolute Gasteiger partial charge is 0.380 e. The maximum atomic E-state index is 13.7. The first-order valence-electron chi connectivity index (χ1n) is 7.26. The molecule has 0 aliphatic heterocycles. The Bertz CT molecular complexity index is 419. The van der Waals surface area contributed by atoms with Gasteiger partial charge in [-0.25, -0.2) is 4.39 Å². The number of anilines is 1. The van der Waals surface area contributed by atoms with Crippen molar-refractivity contribution in [3.8, 4) is 0 Å². The van der Waals surface area contributed by atoms with E-state index in [1.54, 1.807) is 6.07 Å². The van der Waals surface area contributed by atoms with Gasteiger partial charge in [0.15, 0.2) is 0 Å². The van der Waals surface area contributed by atoms with Crippen LogP contribution in [0.3, 0.4) is 0 Å². The summed E-state index contributed by atoms with van der Waals surface area (Å²) in [5.74, 6) is 1.39. The fourth-order valence-corrected chi connectivity index (χ4v) is 3.49. The average Bonchev–Trinajstić information content (AvgIpc) is 2.33. The second-order valence-corrected chi connectivity index (χ2v) is 7.04. The second kappa shape index (κ2) is 6.74. The van der Waals surface area contributed by atoms with Crippen LogP contribution in [0.2, 0.25) is 0 Å². The molecule has 1 aromatic rings. The minimum atomic E-state index is -0.158. The molecule has 1 nitrogen and oxygen atoms in total. The fraction of sp³-hybridized carbons (Fsp3) is 0.625. The summed E-state index contributed by atoms with van der Waals surface area (Å²) in [5.41, 5.74) is 0.629. The summed E-state index contributed by atoms with van der Waals surface area (Å²) in [7, 11) is 0. The normalized spacial score (nSPS) is 23.6. The molecule has 0 bridgehead atoms. The van der Waals surface area contributed by atoms with Crippen LogP contribution >= 0.6 is 15.9 Å². The molecular formula is C16H23BrFN. The van der Waals surface area contributed by atoms with Crippen molar-refractivity contribution in [2.75, 3.05) is 5.32 Å². The van der Waals surface area contributed by atoms with E-state index in [4.69, 9.17) is 0 Å². The third kappa shape index (κ3) is 4.48. The van der Waals surface area contributed by atoms with Gasteiger partial charge in [-0.05, 0) is 49.3 Å². The van der Waals surface area contributed by atoms with Gasteiger partial charge in [0.2, 0.25) is 0 Å². The molecule has 1 saturated carbocycles. The van der Waals surface area contributed by atoms with Gasteiger partial charge < -0.3 is 5.32 Å². The lowest BCUT2D eigenvalue weighted by atomic mass is 9.81. The molecule has 1 fully saturated rings. The van der Waals surface area contributed by atoms with E-state index in [1.807, 2.05) is 6.07 Å². The lowest BCUT2D eigenvalue weighted by molar-refractivity contribution is 0.288. The maximum Gasteiger partial charge on any atom is 0.146 e. The highest BCUT2D eigenvalue weighted by molar-refractivity contribution is 9.10. The van der Waals surface area contributed by atoms with Crippen molar-refractivity contribution in [1.29, 1.82) is 0 Å². The molecular weight excluding hydrogens is 305 g/mol. The average molecular weight is 328 g/mol. The highest BCUT2D eigenvalue weighted by atomic mass is 79.9. The Morgan fingerprint density at radius 3 is 2.89 bits per heavy atom. The molecule has 0 radical (unpaired) electrons. The molecule has 1 aromatic carbocycles. The van der Waals surface area contributed by atoms with Crippen LogP contribution in [0.15, 0.2) is 22.7 Å². The van der Waals surface area contributed by atoms with Gasteiger partial charge in [-0.2, -0.15) is 0 Å². The van der Waals surface area contributed by atoms with E-state index in [0.29, 0.717) is 11.7 Å². The van der Waals surface area contributed by atoms with Crippen LogP contribution in [-0.2, 0) is 0 Å². The topological polar surface area (TPSA) is 12.0 Å². The zero-order valence-electron chi connectivity index (χ0n) is 11.8. The molecule has 19 heavy (non-hydrogen) atoms. The predicted molar refractivity (Wildman–Crippen MR) is 82.9 cm³/mol. The van der Waals surface area contributed by atoms with E-state index in [-0.39, 0.29) is 5.82 Å². The van der Waals surface area contributed by atoms with Gasteiger partial charge >= 0.3 is 0 Å². The second-order valence-electron chi connectivity index (χ2n) is 6.13. The van der Waals surface area contributed by atoms with Crippen LogP contribution in [0, 0.1) is 17.7 Å². The van der Waals surface area contributed by atoms with Gasteiger partial charge in [0, 0.05) is 10.5 Å². The van der Waals surface area contributed by atoms with Crippen LogP contribution in [-0.4, -0.2) is 6.04 Å². The van der Waals surface area contributed by atoms with Gasteiger partial charge in [0.05, 0.1) is 5.69 Å². The molecule has 2 rings (SSSR count). The Balaban J connectivity index is 1.96. The first-order valence-corrected chi connectivity index (χ1v) is 8.05. The third-order valence-electron chi connectivity index (χ3n) is 3.88. The molecule has 0 amide bonds. The molecule has 106 valence electrons. The summed E-state index contributed by atoms with van der Waals surface area (Å²) < 4.78 is 14.7. The molecule has 1 aliphatic rings. The fourth-order valence-electron chi connectivity index (χ4n) is 3.13. The molecule has 1 N–H and O–H groups in total. The lowest BCUT2D eigenvalue weighted by Gasteiger charge is -2.31. The highest BCUT2D eigenvalue weighted by Crippen LogP contribution is 2.32. The SMILES string of the molecule is CC(C)CC1CCCC(Nc2cc(Br)ccc2F)C1. The van der Waals surface area contributed by atoms with Crippen LogP contribution in [0.5, 0.6) is 0 Å². The summed E-state index contributed by atoms with van der Waals surface area (Å²) in [6.45, 7) is 4.57. The molecule has 2 atom stereocenters. The van der Waals surface area contributed by atoms with E-state index in [2.05, 4.69) is 35.1 Å². The number of hydrogen-bond donors (Lipinski definition) is 1. The summed E-state index contributed by atoms with van der Waals surface area (Å²) in [5, 5.41) is 3.39. The van der Waals surface area contributed by atoms with Crippen molar-refractivity contribution >= 4 is 21.6 Å². The van der Waals surface area contributed by atoms with E-state index in [9.17, 15) is 4.39 Å². The standard InChI is InChI=1S/C16H23BrFN/c1-11(2)8-12-4-3-5-14(9-12)19-16-10-13(17)6-7-15(16)18/h6-7,10-12,14,19H,3-5,8-9H2,1-2H3. The monoisotopic (exact) mass is 327 g/mol. The van der Waals surface area contributed by atoms with Crippen molar-refractivity contribution in [1.82, 2.24) is 0 Å². The van der Waals surface area contributed by atoms with Gasteiger partial charge in [-0.15, -0.1) is 0 Å². The van der Waals surface area contributed by atoms with Crippen LogP contribution in [0.1, 0.15) is 46.0 Å². The number of hydrogen-bond acceptors (Lipinski definition) is 1. The van der Waals surface area contributed by atoms with Gasteiger partial charge in [-0.1, -0.05) is 42.6 Å². The number of rotatable bonds is 4. The van der Waals surface area contributed by atoms with Crippen molar-refractivity contribution in [3.63, 3.8) is 0 Å². The number of halogens is 2. The van der Waals surface area contributed by atoms with E-state index in [1.165, 1.54) is 31.7 Å². The Labute approximate surface area is 124 Å². The Kier molecular flexibility index (Phi) is 5.26. The molecule has 1 aliphatic carbocycles. The molecule has 0 heterocycles. The molecule has 3 heteroatoms. The smallest absolute Gasteiger partial charge is 0.146 e. The Morgan fingerprint density at radius 2 is 2.16 bits per heavy atom. The molecule has 0 saturated heterocycles. The van der Waals surface area contributed by atoms with Gasteiger partial charge in [0.25, 0.3) is 0 Å². The zero-order valence-corrected chi connectivity index (χ0v) is 13.3. The molecule has 0 aromatic heterocycles. The first-order chi connectivity index (χ1) is 9.04. The molecule has 0 spiro atoms. The molecule has 2 unspecified atom stereocenters. The number of nitrogens with one attached hydrogen (secondary N) is 1. The minimum absolute atomic E-state index is 0.158.